The molecule has 36 heavy (non-hydrogen) atoms. The van der Waals surface area contributed by atoms with E-state index in [0.29, 0.717) is 10.2 Å². The maximum atomic E-state index is 5.35. The van der Waals surface area contributed by atoms with Crippen molar-refractivity contribution >= 4 is 58.5 Å². The van der Waals surface area contributed by atoms with Crippen LogP contribution in [-0.2, 0) is 0 Å². The van der Waals surface area contributed by atoms with Gasteiger partial charge in [-0.25, -0.2) is 10.0 Å². The molecule has 2 aromatic rings. The predicted octanol–water partition coefficient (Wildman–Crippen LogP) is 1.56. The van der Waals surface area contributed by atoms with Gasteiger partial charge in [-0.2, -0.15) is 10.2 Å². The summed E-state index contributed by atoms with van der Waals surface area (Å²) in [6.45, 7) is 3.03. The second-order valence-electron chi connectivity index (χ2n) is 8.57. The maximum absolute atomic E-state index is 5.35. The minimum atomic E-state index is 0.447. The average Bonchev–Trinajstić information content (AvgIpc) is 2.86. The van der Waals surface area contributed by atoms with Crippen LogP contribution in [-0.4, -0.2) is 87.0 Å². The molecule has 12 heteroatoms. The second-order valence-corrected chi connectivity index (χ2v) is 9.38. The Labute approximate surface area is 223 Å². The molecule has 0 spiro atoms. The molecule has 0 amide bonds. The fourth-order valence-electron chi connectivity index (χ4n) is 3.32. The maximum Gasteiger partial charge on any atom is 0.201 e. The number of rotatable bonds is 8. The van der Waals surface area contributed by atoms with Crippen LogP contribution in [0.4, 0.5) is 11.4 Å². The van der Waals surface area contributed by atoms with Gasteiger partial charge in [0.25, 0.3) is 0 Å². The molecule has 0 aromatic heterocycles. The van der Waals surface area contributed by atoms with Gasteiger partial charge in [-0.15, -0.1) is 0 Å². The van der Waals surface area contributed by atoms with Crippen LogP contribution in [0.3, 0.4) is 0 Å². The van der Waals surface area contributed by atoms with Crippen LogP contribution in [0.25, 0.3) is 0 Å². The highest BCUT2D eigenvalue weighted by Gasteiger charge is 2.17. The number of hydrogen-bond acceptors (Lipinski definition) is 8. The number of benzene rings is 2. The third-order valence-electron chi connectivity index (χ3n) is 5.38. The lowest BCUT2D eigenvalue weighted by Gasteiger charge is -2.35. The van der Waals surface area contributed by atoms with Gasteiger partial charge in [-0.1, -0.05) is 24.3 Å². The van der Waals surface area contributed by atoms with E-state index in [9.17, 15) is 0 Å². The Bertz CT molecular complexity index is 958. The summed E-state index contributed by atoms with van der Waals surface area (Å²) in [6.07, 6.45) is 3.48. The molecule has 0 atom stereocenters. The van der Waals surface area contributed by atoms with Crippen LogP contribution in [0.2, 0.25) is 0 Å². The molecular formula is C24H34N10S2. The van der Waals surface area contributed by atoms with E-state index in [2.05, 4.69) is 41.7 Å². The van der Waals surface area contributed by atoms with Gasteiger partial charge < -0.3 is 9.80 Å². The van der Waals surface area contributed by atoms with Crippen molar-refractivity contribution in [3.8, 4) is 0 Å². The summed E-state index contributed by atoms with van der Waals surface area (Å²) in [6, 6.07) is 16.2. The van der Waals surface area contributed by atoms with Crippen LogP contribution in [0.15, 0.2) is 58.7 Å². The molecule has 192 valence electrons. The van der Waals surface area contributed by atoms with Crippen molar-refractivity contribution in [2.75, 3.05) is 64.2 Å². The molecule has 1 aliphatic rings. The first-order valence-corrected chi connectivity index (χ1v) is 12.4. The number of nitrogens with zero attached hydrogens (tertiary/aromatic N) is 6. The number of hydrazine groups is 2. The number of piperazine rings is 1. The standard InChI is InChI=1S/C24H34N10S2/c1-31(2)21-9-5-19(6-10-21)17-25-27-23(35)29-33-13-15-34(16-14-33)30-24(36)28-26-18-20-7-11-22(12-8-20)32(3)4/h5-12,17-18H,13-16H2,1-4H3,(H2,27,29,35)(H2,28,30,36). The van der Waals surface area contributed by atoms with E-state index in [4.69, 9.17) is 24.4 Å². The summed E-state index contributed by atoms with van der Waals surface area (Å²) in [4.78, 5) is 4.11. The molecule has 1 saturated heterocycles. The minimum absolute atomic E-state index is 0.447. The Morgan fingerprint density at radius 1 is 0.667 bits per heavy atom. The van der Waals surface area contributed by atoms with E-state index in [1.54, 1.807) is 12.4 Å². The lowest BCUT2D eigenvalue weighted by Crippen LogP contribution is -2.59. The number of hydrogen-bond donors (Lipinski definition) is 4. The summed E-state index contributed by atoms with van der Waals surface area (Å²) >= 11 is 10.7. The van der Waals surface area contributed by atoms with Crippen molar-refractivity contribution in [1.29, 1.82) is 0 Å². The van der Waals surface area contributed by atoms with Gasteiger partial charge in [-0.3, -0.25) is 21.7 Å². The normalized spacial score (nSPS) is 14.6. The quantitative estimate of drug-likeness (QED) is 0.231. The van der Waals surface area contributed by atoms with Gasteiger partial charge in [0.1, 0.15) is 0 Å². The summed E-state index contributed by atoms with van der Waals surface area (Å²) < 4.78 is 0. The van der Waals surface area contributed by atoms with Crippen molar-refractivity contribution in [3.63, 3.8) is 0 Å². The summed E-state index contributed by atoms with van der Waals surface area (Å²) in [5, 5.41) is 13.4. The molecule has 0 saturated carbocycles. The van der Waals surface area contributed by atoms with E-state index >= 15 is 0 Å². The van der Waals surface area contributed by atoms with Crippen molar-refractivity contribution in [1.82, 2.24) is 31.7 Å². The van der Waals surface area contributed by atoms with Gasteiger partial charge in [0.2, 0.25) is 10.2 Å². The third-order valence-corrected chi connectivity index (χ3v) is 5.74. The fraction of sp³-hybridized carbons (Fsp3) is 0.333. The molecule has 0 radical (unpaired) electrons. The first-order chi connectivity index (χ1) is 17.3. The molecule has 1 heterocycles. The molecule has 3 rings (SSSR count). The Balaban J connectivity index is 1.32. The molecule has 10 nitrogen and oxygen atoms in total. The van der Waals surface area contributed by atoms with Crippen LogP contribution in [0.1, 0.15) is 11.1 Å². The summed E-state index contributed by atoms with van der Waals surface area (Å²) in [5.74, 6) is 0. The Morgan fingerprint density at radius 2 is 1.00 bits per heavy atom. The van der Waals surface area contributed by atoms with Gasteiger partial charge in [0.15, 0.2) is 0 Å². The van der Waals surface area contributed by atoms with Crippen molar-refractivity contribution in [2.24, 2.45) is 10.2 Å². The van der Waals surface area contributed by atoms with E-state index in [-0.39, 0.29) is 0 Å². The Kier molecular flexibility index (Phi) is 10.4. The molecule has 1 aliphatic heterocycles. The van der Waals surface area contributed by atoms with Gasteiger partial charge >= 0.3 is 0 Å². The molecule has 0 bridgehead atoms. The van der Waals surface area contributed by atoms with Gasteiger partial charge in [0.05, 0.1) is 12.4 Å². The molecular weight excluding hydrogens is 492 g/mol. The van der Waals surface area contributed by atoms with Crippen LogP contribution < -0.4 is 31.5 Å². The fourth-order valence-corrected chi connectivity index (χ4v) is 3.68. The van der Waals surface area contributed by atoms with Crippen LogP contribution in [0, 0.1) is 0 Å². The first kappa shape index (κ1) is 27.3. The molecule has 2 aromatic carbocycles. The lowest BCUT2D eigenvalue weighted by atomic mass is 10.2. The first-order valence-electron chi connectivity index (χ1n) is 11.5. The number of anilines is 2. The van der Waals surface area contributed by atoms with Crippen molar-refractivity contribution < 1.29 is 0 Å². The van der Waals surface area contributed by atoms with Crippen LogP contribution >= 0.6 is 24.4 Å². The van der Waals surface area contributed by atoms with E-state index in [1.807, 2.05) is 86.7 Å². The Morgan fingerprint density at radius 3 is 1.31 bits per heavy atom. The third kappa shape index (κ3) is 9.04. The topological polar surface area (TPSA) is 85.8 Å². The number of thiocarbonyl (C=S) groups is 2. The molecule has 0 aliphatic carbocycles. The van der Waals surface area contributed by atoms with Gasteiger partial charge in [0, 0.05) is 65.7 Å². The Hall–Kier alpha value is -3.32. The lowest BCUT2D eigenvalue weighted by molar-refractivity contribution is 0.0936. The van der Waals surface area contributed by atoms with E-state index in [1.165, 1.54) is 0 Å². The highest BCUT2D eigenvalue weighted by molar-refractivity contribution is 7.80. The number of hydrazone groups is 2. The van der Waals surface area contributed by atoms with Crippen molar-refractivity contribution in [2.45, 2.75) is 0 Å². The van der Waals surface area contributed by atoms with E-state index in [0.717, 1.165) is 48.7 Å². The van der Waals surface area contributed by atoms with Crippen LogP contribution in [0.5, 0.6) is 0 Å². The zero-order valence-corrected chi connectivity index (χ0v) is 22.7. The number of nitrogens with one attached hydrogen (secondary N) is 4. The van der Waals surface area contributed by atoms with Crippen molar-refractivity contribution in [3.05, 3.63) is 59.7 Å². The largest absolute Gasteiger partial charge is 0.378 e. The second kappa shape index (κ2) is 13.7. The zero-order chi connectivity index (χ0) is 25.9. The van der Waals surface area contributed by atoms with E-state index < -0.39 is 0 Å². The monoisotopic (exact) mass is 526 g/mol. The minimum Gasteiger partial charge on any atom is -0.378 e. The molecule has 4 N–H and O–H groups in total. The SMILES string of the molecule is CN(C)c1ccc(C=NNC(=S)NN2CCN(NC(=S)NN=Cc3ccc(N(C)C)cc3)CC2)cc1. The zero-order valence-electron chi connectivity index (χ0n) is 21.1. The highest BCUT2D eigenvalue weighted by atomic mass is 32.1. The molecule has 0 unspecified atom stereocenters. The molecule has 1 fully saturated rings. The average molecular weight is 527 g/mol. The smallest absolute Gasteiger partial charge is 0.201 e. The van der Waals surface area contributed by atoms with Gasteiger partial charge in [-0.05, 0) is 59.8 Å². The highest BCUT2D eigenvalue weighted by Crippen LogP contribution is 2.11. The summed E-state index contributed by atoms with van der Waals surface area (Å²) in [5.41, 5.74) is 16.3. The summed E-state index contributed by atoms with van der Waals surface area (Å²) in [7, 11) is 8.05. The predicted molar refractivity (Wildman–Crippen MR) is 158 cm³/mol.